The van der Waals surface area contributed by atoms with Gasteiger partial charge in [-0.15, -0.1) is 0 Å². The summed E-state index contributed by atoms with van der Waals surface area (Å²) in [5.74, 6) is -0.00654. The van der Waals surface area contributed by atoms with Crippen molar-refractivity contribution < 1.29 is 23.9 Å². The Bertz CT molecular complexity index is 1130. The first-order valence-corrected chi connectivity index (χ1v) is 10.3. The average molecular weight is 447 g/mol. The molecular weight excluding hydrogens is 422 g/mol. The van der Waals surface area contributed by atoms with Gasteiger partial charge in [0.25, 0.3) is 5.91 Å². The molecule has 0 heterocycles. The molecule has 0 saturated carbocycles. The van der Waals surface area contributed by atoms with Crippen molar-refractivity contribution in [2.45, 2.75) is 20.0 Å². The maximum atomic E-state index is 12.4. The summed E-state index contributed by atoms with van der Waals surface area (Å²) in [6.07, 6.45) is 0.966. The van der Waals surface area contributed by atoms with E-state index in [0.29, 0.717) is 23.5 Å². The lowest BCUT2D eigenvalue weighted by molar-refractivity contribution is -0.119. The third-order valence-electron chi connectivity index (χ3n) is 4.66. The van der Waals surface area contributed by atoms with Crippen molar-refractivity contribution in [3.63, 3.8) is 0 Å². The minimum Gasteiger partial charge on any atom is -0.489 e. The number of amidine groups is 1. The Morgan fingerprint density at radius 2 is 1.48 bits per heavy atom. The number of hydrogen-bond donors (Lipinski definition) is 2. The summed E-state index contributed by atoms with van der Waals surface area (Å²) in [6, 6.07) is 21.2. The Morgan fingerprint density at radius 3 is 2.15 bits per heavy atom. The first kappa shape index (κ1) is 23.3. The first-order valence-electron chi connectivity index (χ1n) is 10.3. The highest BCUT2D eigenvalue weighted by molar-refractivity contribution is 5.98. The van der Waals surface area contributed by atoms with Crippen LogP contribution >= 0.6 is 0 Å². The number of nitrogens with zero attached hydrogens (tertiary/aromatic N) is 1. The smallest absolute Gasteiger partial charge is 0.365 e. The summed E-state index contributed by atoms with van der Waals surface area (Å²) in [4.78, 5) is 28.1. The minimum absolute atomic E-state index is 0.0137. The van der Waals surface area contributed by atoms with Gasteiger partial charge in [-0.05, 0) is 66.1 Å². The zero-order chi connectivity index (χ0) is 23.6. The van der Waals surface area contributed by atoms with Gasteiger partial charge in [-0.1, -0.05) is 36.3 Å². The highest BCUT2D eigenvalue weighted by atomic mass is 16.7. The topological polar surface area (TPSA) is 126 Å². The Morgan fingerprint density at radius 1 is 0.818 bits per heavy atom. The van der Waals surface area contributed by atoms with Crippen LogP contribution in [0.1, 0.15) is 34.0 Å². The summed E-state index contributed by atoms with van der Waals surface area (Å²) < 4.78 is 11.0. The van der Waals surface area contributed by atoms with Crippen molar-refractivity contribution in [2.24, 2.45) is 16.6 Å². The van der Waals surface area contributed by atoms with E-state index in [-0.39, 0.29) is 12.4 Å². The number of primary amides is 1. The predicted molar refractivity (Wildman–Crippen MR) is 124 cm³/mol. The average Bonchev–Trinajstić information content (AvgIpc) is 2.85. The number of carbonyl (C=O) groups is 2. The number of oxime groups is 1. The summed E-state index contributed by atoms with van der Waals surface area (Å²) in [5.41, 5.74) is 13.8. The molecule has 3 rings (SSSR count). The molecule has 8 nitrogen and oxygen atoms in total. The number of carbonyl (C=O) groups excluding carboxylic acids is 2. The fourth-order valence-electron chi connectivity index (χ4n) is 2.85. The van der Waals surface area contributed by atoms with Crippen LogP contribution in [-0.2, 0) is 22.7 Å². The summed E-state index contributed by atoms with van der Waals surface area (Å²) in [6.45, 7) is 2.18. The van der Waals surface area contributed by atoms with E-state index in [2.05, 4.69) is 12.1 Å². The summed E-state index contributed by atoms with van der Waals surface area (Å²) in [7, 11) is 0. The van der Waals surface area contributed by atoms with Crippen molar-refractivity contribution in [3.8, 4) is 11.5 Å². The summed E-state index contributed by atoms with van der Waals surface area (Å²) >= 11 is 0. The van der Waals surface area contributed by atoms with Crippen molar-refractivity contribution in [1.82, 2.24) is 0 Å². The summed E-state index contributed by atoms with van der Waals surface area (Å²) in [5, 5.41) is 3.71. The van der Waals surface area contributed by atoms with E-state index in [4.69, 9.17) is 25.8 Å². The molecule has 0 atom stereocenters. The number of nitrogens with two attached hydrogens (primary N) is 2. The van der Waals surface area contributed by atoms with Crippen LogP contribution in [0.25, 0.3) is 0 Å². The van der Waals surface area contributed by atoms with Gasteiger partial charge in [0.15, 0.2) is 12.4 Å². The van der Waals surface area contributed by atoms with Crippen LogP contribution in [0.4, 0.5) is 0 Å². The number of hydrogen-bond acceptors (Lipinski definition) is 6. The Kier molecular flexibility index (Phi) is 8.02. The quantitative estimate of drug-likeness (QED) is 0.213. The first-order chi connectivity index (χ1) is 15.9. The molecular formula is C25H25N3O5. The molecule has 4 N–H and O–H groups in total. The second-order valence-corrected chi connectivity index (χ2v) is 7.12. The molecule has 0 aliphatic heterocycles. The normalized spacial score (nSPS) is 11.0. The lowest BCUT2D eigenvalue weighted by Crippen LogP contribution is -2.20. The molecule has 3 aromatic rings. The Hall–Kier alpha value is -4.33. The van der Waals surface area contributed by atoms with Gasteiger partial charge >= 0.3 is 5.97 Å². The molecule has 1 amide bonds. The fourth-order valence-corrected chi connectivity index (χ4v) is 2.85. The molecule has 170 valence electrons. The highest BCUT2D eigenvalue weighted by Crippen LogP contribution is 2.16. The van der Waals surface area contributed by atoms with Crippen LogP contribution in [0.2, 0.25) is 0 Å². The SMILES string of the molecule is CCc1ccc(OCc2cccc(C(=O)O/N=C(\N)c3ccc(OCC(N)=O)cc3)c2)cc1. The molecule has 0 aliphatic carbocycles. The van der Waals surface area contributed by atoms with Gasteiger partial charge in [-0.2, -0.15) is 0 Å². The molecule has 0 spiro atoms. The highest BCUT2D eigenvalue weighted by Gasteiger charge is 2.10. The standard InChI is InChI=1S/C25H25N3O5/c1-2-17-6-10-21(11-7-17)31-15-18-4-3-5-20(14-18)25(30)33-28-24(27)19-8-12-22(13-9-19)32-16-23(26)29/h3-14H,2,15-16H2,1H3,(H2,26,29)(H2,27,28). The Balaban J connectivity index is 1.57. The maximum absolute atomic E-state index is 12.4. The van der Waals surface area contributed by atoms with Gasteiger partial charge in [-0.25, -0.2) is 4.79 Å². The van der Waals surface area contributed by atoms with Gasteiger partial charge in [-0.3, -0.25) is 4.79 Å². The van der Waals surface area contributed by atoms with E-state index in [0.717, 1.165) is 17.7 Å². The van der Waals surface area contributed by atoms with Gasteiger partial charge in [0.1, 0.15) is 18.1 Å². The molecule has 0 saturated heterocycles. The van der Waals surface area contributed by atoms with E-state index in [1.165, 1.54) is 5.56 Å². The Labute approximate surface area is 191 Å². The van der Waals surface area contributed by atoms with Crippen LogP contribution < -0.4 is 20.9 Å². The van der Waals surface area contributed by atoms with Gasteiger partial charge in [0.05, 0.1) is 5.56 Å². The number of benzene rings is 3. The fraction of sp³-hybridized carbons (Fsp3) is 0.160. The van der Waals surface area contributed by atoms with E-state index in [1.807, 2.05) is 30.3 Å². The van der Waals surface area contributed by atoms with E-state index >= 15 is 0 Å². The third kappa shape index (κ3) is 7.10. The largest absolute Gasteiger partial charge is 0.489 e. The maximum Gasteiger partial charge on any atom is 0.365 e. The second kappa shape index (κ2) is 11.3. The monoisotopic (exact) mass is 447 g/mol. The predicted octanol–water partition coefficient (Wildman–Crippen LogP) is 3.17. The molecule has 33 heavy (non-hydrogen) atoms. The van der Waals surface area contributed by atoms with E-state index in [9.17, 15) is 9.59 Å². The number of aryl methyl sites for hydroxylation is 1. The molecule has 0 fully saturated rings. The van der Waals surface area contributed by atoms with Crippen molar-refractivity contribution in [2.75, 3.05) is 6.61 Å². The lowest BCUT2D eigenvalue weighted by Gasteiger charge is -2.08. The molecule has 0 aromatic heterocycles. The van der Waals surface area contributed by atoms with E-state index in [1.54, 1.807) is 42.5 Å². The van der Waals surface area contributed by atoms with Crippen molar-refractivity contribution in [3.05, 3.63) is 95.1 Å². The van der Waals surface area contributed by atoms with Crippen molar-refractivity contribution >= 4 is 17.7 Å². The van der Waals surface area contributed by atoms with Crippen LogP contribution in [0.5, 0.6) is 11.5 Å². The number of rotatable bonds is 10. The van der Waals surface area contributed by atoms with Crippen molar-refractivity contribution in [1.29, 1.82) is 0 Å². The molecule has 0 unspecified atom stereocenters. The molecule has 0 aliphatic rings. The van der Waals surface area contributed by atoms with Gasteiger partial charge in [0, 0.05) is 5.56 Å². The van der Waals surface area contributed by atoms with E-state index < -0.39 is 11.9 Å². The van der Waals surface area contributed by atoms with Gasteiger partial charge < -0.3 is 25.8 Å². The third-order valence-corrected chi connectivity index (χ3v) is 4.66. The zero-order valence-corrected chi connectivity index (χ0v) is 18.2. The molecule has 0 radical (unpaired) electrons. The molecule has 8 heteroatoms. The van der Waals surface area contributed by atoms with Crippen LogP contribution in [-0.4, -0.2) is 24.3 Å². The van der Waals surface area contributed by atoms with Crippen LogP contribution in [0, 0.1) is 0 Å². The minimum atomic E-state index is -0.645. The second-order valence-electron chi connectivity index (χ2n) is 7.12. The van der Waals surface area contributed by atoms with Crippen LogP contribution in [0.3, 0.4) is 0 Å². The van der Waals surface area contributed by atoms with Crippen LogP contribution in [0.15, 0.2) is 78.0 Å². The number of ether oxygens (including phenoxy) is 2. The number of amides is 1. The zero-order valence-electron chi connectivity index (χ0n) is 18.2. The molecule has 3 aromatic carbocycles. The van der Waals surface area contributed by atoms with Gasteiger partial charge in [0.2, 0.25) is 0 Å². The lowest BCUT2D eigenvalue weighted by atomic mass is 10.1. The molecule has 0 bridgehead atoms.